The molecule has 0 spiro atoms. The van der Waals surface area contributed by atoms with E-state index in [-0.39, 0.29) is 24.5 Å². The van der Waals surface area contributed by atoms with Crippen LogP contribution in [0.1, 0.15) is 25.7 Å². The summed E-state index contributed by atoms with van der Waals surface area (Å²) in [5, 5.41) is 3.07. The van der Waals surface area contributed by atoms with Gasteiger partial charge < -0.3 is 19.7 Å². The average Bonchev–Trinajstić information content (AvgIpc) is 2.77. The zero-order valence-corrected chi connectivity index (χ0v) is 16.6. The van der Waals surface area contributed by atoms with Gasteiger partial charge in [0.05, 0.1) is 6.61 Å². The van der Waals surface area contributed by atoms with Crippen LogP contribution in [0.4, 0.5) is 0 Å². The molecule has 0 saturated carbocycles. The van der Waals surface area contributed by atoms with Crippen LogP contribution < -0.4 is 14.8 Å². The first kappa shape index (κ1) is 20.7. The van der Waals surface area contributed by atoms with E-state index in [1.807, 2.05) is 60.7 Å². The number of piperidine rings is 1. The van der Waals surface area contributed by atoms with Crippen LogP contribution in [0.25, 0.3) is 0 Å². The third kappa shape index (κ3) is 7.14. The number of hydrogen-bond donors (Lipinski definition) is 1. The summed E-state index contributed by atoms with van der Waals surface area (Å²) in [5.41, 5.74) is 0. The van der Waals surface area contributed by atoms with Crippen LogP contribution in [0.15, 0.2) is 60.7 Å². The summed E-state index contributed by atoms with van der Waals surface area (Å²) in [7, 11) is 0. The maximum atomic E-state index is 12.3. The molecule has 0 atom stereocenters. The predicted molar refractivity (Wildman–Crippen MR) is 111 cm³/mol. The molecule has 1 saturated heterocycles. The molecule has 0 unspecified atom stereocenters. The van der Waals surface area contributed by atoms with Crippen LogP contribution >= 0.6 is 0 Å². The summed E-state index contributed by atoms with van der Waals surface area (Å²) >= 11 is 0. The molecule has 1 heterocycles. The average molecular weight is 396 g/mol. The van der Waals surface area contributed by atoms with Crippen molar-refractivity contribution in [3.8, 4) is 11.5 Å². The Morgan fingerprint density at radius 2 is 1.48 bits per heavy atom. The van der Waals surface area contributed by atoms with Crippen molar-refractivity contribution in [1.82, 2.24) is 10.2 Å². The van der Waals surface area contributed by atoms with Crippen LogP contribution in [-0.2, 0) is 9.59 Å². The first-order chi connectivity index (χ1) is 14.2. The van der Waals surface area contributed by atoms with Crippen molar-refractivity contribution in [2.24, 2.45) is 0 Å². The lowest BCUT2D eigenvalue weighted by Gasteiger charge is -2.32. The van der Waals surface area contributed by atoms with Crippen molar-refractivity contribution in [1.29, 1.82) is 0 Å². The number of carbonyl (C=O) groups excluding carboxylic acids is 2. The second-order valence-electron chi connectivity index (χ2n) is 7.09. The van der Waals surface area contributed by atoms with Crippen molar-refractivity contribution in [3.05, 3.63) is 60.7 Å². The van der Waals surface area contributed by atoms with E-state index in [4.69, 9.17) is 9.47 Å². The lowest BCUT2D eigenvalue weighted by atomic mass is 10.0. The van der Waals surface area contributed by atoms with Gasteiger partial charge in [-0.2, -0.15) is 0 Å². The second-order valence-corrected chi connectivity index (χ2v) is 7.09. The number of benzene rings is 2. The van der Waals surface area contributed by atoms with Gasteiger partial charge in [0.15, 0.2) is 6.61 Å². The monoisotopic (exact) mass is 396 g/mol. The van der Waals surface area contributed by atoms with Crippen molar-refractivity contribution in [2.45, 2.75) is 31.7 Å². The van der Waals surface area contributed by atoms with E-state index < -0.39 is 0 Å². The van der Waals surface area contributed by atoms with Crippen LogP contribution in [0.3, 0.4) is 0 Å². The molecule has 1 aliphatic rings. The van der Waals surface area contributed by atoms with E-state index in [0.29, 0.717) is 38.3 Å². The fraction of sp³-hybridized carbons (Fsp3) is 0.391. The van der Waals surface area contributed by atoms with Gasteiger partial charge in [0.25, 0.3) is 5.91 Å². The van der Waals surface area contributed by atoms with E-state index in [1.165, 1.54) is 0 Å². The van der Waals surface area contributed by atoms with E-state index in [0.717, 1.165) is 18.6 Å². The summed E-state index contributed by atoms with van der Waals surface area (Å²) in [6.07, 6.45) is 2.65. The molecule has 1 aliphatic heterocycles. The van der Waals surface area contributed by atoms with Gasteiger partial charge in [-0.1, -0.05) is 36.4 Å². The van der Waals surface area contributed by atoms with Gasteiger partial charge in [-0.25, -0.2) is 0 Å². The van der Waals surface area contributed by atoms with Gasteiger partial charge in [0.2, 0.25) is 5.91 Å². The smallest absolute Gasteiger partial charge is 0.260 e. The number of carbonyl (C=O) groups is 2. The highest BCUT2D eigenvalue weighted by molar-refractivity contribution is 5.78. The summed E-state index contributed by atoms with van der Waals surface area (Å²) < 4.78 is 11.1. The van der Waals surface area contributed by atoms with E-state index in [2.05, 4.69) is 5.32 Å². The van der Waals surface area contributed by atoms with Crippen LogP contribution in [0.5, 0.6) is 11.5 Å². The minimum Gasteiger partial charge on any atom is -0.494 e. The molecule has 1 fully saturated rings. The zero-order chi connectivity index (χ0) is 20.3. The summed E-state index contributed by atoms with van der Waals surface area (Å²) in [4.78, 5) is 26.2. The molecular formula is C23H28N2O4. The predicted octanol–water partition coefficient (Wildman–Crippen LogP) is 3.03. The molecule has 6 heteroatoms. The Hall–Kier alpha value is -3.02. The minimum atomic E-state index is -0.0170. The first-order valence-corrected chi connectivity index (χ1v) is 10.1. The SMILES string of the molecule is O=C(CCCOc1ccccc1)NC1CCN(C(=O)COc2ccccc2)CC1. The molecule has 29 heavy (non-hydrogen) atoms. The quantitative estimate of drug-likeness (QED) is 0.662. The fourth-order valence-corrected chi connectivity index (χ4v) is 3.27. The highest BCUT2D eigenvalue weighted by Gasteiger charge is 2.24. The molecule has 1 N–H and O–H groups in total. The molecule has 2 aromatic rings. The Morgan fingerprint density at radius 1 is 0.897 bits per heavy atom. The number of hydrogen-bond acceptors (Lipinski definition) is 4. The highest BCUT2D eigenvalue weighted by Crippen LogP contribution is 2.13. The lowest BCUT2D eigenvalue weighted by molar-refractivity contribution is -0.134. The molecule has 2 amide bonds. The van der Waals surface area contributed by atoms with E-state index >= 15 is 0 Å². The van der Waals surface area contributed by atoms with Crippen LogP contribution in [-0.4, -0.2) is 49.1 Å². The molecule has 0 radical (unpaired) electrons. The van der Waals surface area contributed by atoms with Crippen molar-refractivity contribution < 1.29 is 19.1 Å². The second kappa shape index (κ2) is 11.1. The maximum Gasteiger partial charge on any atom is 0.260 e. The number of amides is 2. The van der Waals surface area contributed by atoms with E-state index in [9.17, 15) is 9.59 Å². The molecule has 0 bridgehead atoms. The number of ether oxygens (including phenoxy) is 2. The molecule has 0 aromatic heterocycles. The first-order valence-electron chi connectivity index (χ1n) is 10.1. The Morgan fingerprint density at radius 3 is 2.10 bits per heavy atom. The summed E-state index contributed by atoms with van der Waals surface area (Å²) in [6.45, 7) is 1.84. The van der Waals surface area contributed by atoms with E-state index in [1.54, 1.807) is 4.90 Å². The van der Waals surface area contributed by atoms with Gasteiger partial charge >= 0.3 is 0 Å². The molecule has 0 aliphatic carbocycles. The molecule has 154 valence electrons. The van der Waals surface area contributed by atoms with Gasteiger partial charge in [0, 0.05) is 25.6 Å². The minimum absolute atomic E-state index is 0.0170. The van der Waals surface area contributed by atoms with Gasteiger partial charge in [-0.05, 0) is 43.5 Å². The zero-order valence-electron chi connectivity index (χ0n) is 16.6. The normalized spacial score (nSPS) is 14.3. The Labute approximate surface area is 171 Å². The number of rotatable bonds is 9. The molecular weight excluding hydrogens is 368 g/mol. The Kier molecular flexibility index (Phi) is 7.92. The third-order valence-corrected chi connectivity index (χ3v) is 4.88. The van der Waals surface area contributed by atoms with Crippen molar-refractivity contribution >= 4 is 11.8 Å². The summed E-state index contributed by atoms with van der Waals surface area (Å²) in [5.74, 6) is 1.54. The Balaban J connectivity index is 1.28. The van der Waals surface area contributed by atoms with Gasteiger partial charge in [-0.3, -0.25) is 9.59 Å². The fourth-order valence-electron chi connectivity index (χ4n) is 3.27. The van der Waals surface area contributed by atoms with Crippen LogP contribution in [0, 0.1) is 0 Å². The molecule has 6 nitrogen and oxygen atoms in total. The largest absolute Gasteiger partial charge is 0.494 e. The standard InChI is InChI=1S/C23H28N2O4/c26-22(12-7-17-28-20-8-3-1-4-9-20)24-19-13-15-25(16-14-19)23(27)18-29-21-10-5-2-6-11-21/h1-6,8-11,19H,7,12-18H2,(H,24,26). The van der Waals surface area contributed by atoms with Crippen LogP contribution in [0.2, 0.25) is 0 Å². The molecule has 3 rings (SSSR count). The highest BCUT2D eigenvalue weighted by atomic mass is 16.5. The topological polar surface area (TPSA) is 67.9 Å². The Bertz CT molecular complexity index is 759. The van der Waals surface area contributed by atoms with Crippen molar-refractivity contribution in [3.63, 3.8) is 0 Å². The van der Waals surface area contributed by atoms with Gasteiger partial charge in [-0.15, -0.1) is 0 Å². The number of nitrogens with zero attached hydrogens (tertiary/aromatic N) is 1. The number of nitrogens with one attached hydrogen (secondary N) is 1. The third-order valence-electron chi connectivity index (χ3n) is 4.88. The van der Waals surface area contributed by atoms with Crippen molar-refractivity contribution in [2.75, 3.05) is 26.3 Å². The summed E-state index contributed by atoms with van der Waals surface area (Å²) in [6, 6.07) is 19.0. The molecule has 2 aromatic carbocycles. The lowest BCUT2D eigenvalue weighted by Crippen LogP contribution is -2.47. The number of para-hydroxylation sites is 2. The van der Waals surface area contributed by atoms with Gasteiger partial charge in [0.1, 0.15) is 11.5 Å². The number of likely N-dealkylation sites (tertiary alicyclic amines) is 1. The maximum absolute atomic E-state index is 12.3.